The lowest BCUT2D eigenvalue weighted by atomic mass is 10.4. The Morgan fingerprint density at radius 1 is 1.31 bits per heavy atom. The summed E-state index contributed by atoms with van der Waals surface area (Å²) in [5, 5.41) is 0. The van der Waals surface area contributed by atoms with E-state index in [1.165, 1.54) is 11.3 Å². The van der Waals surface area contributed by atoms with E-state index in [0.29, 0.717) is 0 Å². The number of thiophene rings is 1. The molecule has 2 rings (SSSR count). The van der Waals surface area contributed by atoms with E-state index in [4.69, 9.17) is 0 Å². The molecule has 0 aromatic carbocycles. The maximum absolute atomic E-state index is 12.0. The zero-order valence-electron chi connectivity index (χ0n) is 9.43. The first kappa shape index (κ1) is 14.2. The molecule has 0 unspecified atom stereocenters. The van der Waals surface area contributed by atoms with Gasteiger partial charge in [-0.1, -0.05) is 13.8 Å². The first-order valence-electron chi connectivity index (χ1n) is 5.42. The maximum Gasteiger partial charge on any atom is 0.265 e. The van der Waals surface area contributed by atoms with Gasteiger partial charge in [0.15, 0.2) is 0 Å². The van der Waals surface area contributed by atoms with Gasteiger partial charge in [-0.25, -0.2) is 0 Å². The molecule has 1 aromatic heterocycles. The van der Waals surface area contributed by atoms with E-state index in [0.717, 1.165) is 39.1 Å². The Bertz CT molecular complexity index is 359. The van der Waals surface area contributed by atoms with E-state index < -0.39 is 0 Å². The molecule has 0 radical (unpaired) electrons. The first-order chi connectivity index (χ1) is 7.68. The normalized spacial score (nSPS) is 14.6. The average molecular weight is 369 g/mol. The van der Waals surface area contributed by atoms with Crippen LogP contribution in [0.1, 0.15) is 36.4 Å². The van der Waals surface area contributed by atoms with E-state index in [2.05, 4.69) is 31.9 Å². The van der Waals surface area contributed by atoms with Gasteiger partial charge in [-0.05, 0) is 50.8 Å². The van der Waals surface area contributed by atoms with Crippen LogP contribution in [0, 0.1) is 0 Å². The fourth-order valence-corrected chi connectivity index (χ4v) is 4.11. The quantitative estimate of drug-likeness (QED) is 0.712. The molecule has 1 saturated heterocycles. The summed E-state index contributed by atoms with van der Waals surface area (Å²) in [4.78, 5) is 14.7. The highest BCUT2D eigenvalue weighted by Crippen LogP contribution is 2.32. The largest absolute Gasteiger partial charge is 0.338 e. The van der Waals surface area contributed by atoms with E-state index in [9.17, 15) is 4.79 Å². The molecule has 16 heavy (non-hydrogen) atoms. The van der Waals surface area contributed by atoms with Crippen LogP contribution < -0.4 is 0 Å². The molecule has 0 spiro atoms. The van der Waals surface area contributed by atoms with Crippen molar-refractivity contribution in [2.45, 2.75) is 26.7 Å². The molecule has 0 aliphatic carbocycles. The Morgan fingerprint density at radius 3 is 2.31 bits per heavy atom. The summed E-state index contributed by atoms with van der Waals surface area (Å²) in [5.74, 6) is 0.157. The topological polar surface area (TPSA) is 20.3 Å². The van der Waals surface area contributed by atoms with Crippen molar-refractivity contribution >= 4 is 49.1 Å². The van der Waals surface area contributed by atoms with Crippen LogP contribution in [0.25, 0.3) is 0 Å². The van der Waals surface area contributed by atoms with Gasteiger partial charge in [-0.15, -0.1) is 11.3 Å². The number of carbonyl (C=O) groups excluding carboxylic acids is 1. The molecule has 0 N–H and O–H groups in total. The van der Waals surface area contributed by atoms with Crippen molar-refractivity contribution in [1.82, 2.24) is 4.90 Å². The van der Waals surface area contributed by atoms with Crippen LogP contribution in [0.3, 0.4) is 0 Å². The minimum absolute atomic E-state index is 0.157. The number of halogens is 2. The summed E-state index contributed by atoms with van der Waals surface area (Å²) >= 11 is 8.26. The molecule has 0 saturated carbocycles. The average Bonchev–Trinajstić information content (AvgIpc) is 2.90. The van der Waals surface area contributed by atoms with Gasteiger partial charge in [0.2, 0.25) is 0 Å². The van der Waals surface area contributed by atoms with Crippen molar-refractivity contribution < 1.29 is 4.79 Å². The molecule has 0 bridgehead atoms. The van der Waals surface area contributed by atoms with Crippen molar-refractivity contribution in [2.24, 2.45) is 0 Å². The number of likely N-dealkylation sites (tertiary alicyclic amines) is 1. The summed E-state index contributed by atoms with van der Waals surface area (Å²) in [6, 6.07) is 1.92. The van der Waals surface area contributed by atoms with Crippen molar-refractivity contribution in [3.8, 4) is 0 Å². The number of amides is 1. The monoisotopic (exact) mass is 367 g/mol. The maximum atomic E-state index is 12.0. The molecule has 0 atom stereocenters. The number of carbonyl (C=O) groups is 1. The molecule has 2 heterocycles. The second-order valence-corrected chi connectivity index (χ2v) is 6.51. The van der Waals surface area contributed by atoms with Gasteiger partial charge < -0.3 is 4.90 Å². The molecule has 2 nitrogen and oxygen atoms in total. The van der Waals surface area contributed by atoms with Crippen LogP contribution >= 0.6 is 43.2 Å². The van der Waals surface area contributed by atoms with Crippen molar-refractivity contribution in [1.29, 1.82) is 0 Å². The summed E-state index contributed by atoms with van der Waals surface area (Å²) in [5.41, 5.74) is 0. The third-order valence-corrected chi connectivity index (χ3v) is 4.76. The highest BCUT2D eigenvalue weighted by Gasteiger charge is 2.22. The smallest absolute Gasteiger partial charge is 0.265 e. The molecule has 1 aliphatic rings. The number of nitrogens with zero attached hydrogens (tertiary/aromatic N) is 1. The summed E-state index contributed by atoms with van der Waals surface area (Å²) in [6.45, 7) is 5.81. The number of hydrogen-bond donors (Lipinski definition) is 0. The zero-order chi connectivity index (χ0) is 12.1. The van der Waals surface area contributed by atoms with Gasteiger partial charge in [-0.3, -0.25) is 4.79 Å². The fourth-order valence-electron chi connectivity index (χ4n) is 1.55. The highest BCUT2D eigenvalue weighted by atomic mass is 79.9. The second-order valence-electron chi connectivity index (χ2n) is 3.23. The van der Waals surface area contributed by atoms with Gasteiger partial charge in [-0.2, -0.15) is 0 Å². The van der Waals surface area contributed by atoms with Crippen LogP contribution in [0.2, 0.25) is 0 Å². The highest BCUT2D eigenvalue weighted by molar-refractivity contribution is 9.11. The Hall–Kier alpha value is 0.130. The predicted octanol–water partition coefficient (Wildman–Crippen LogP) is 4.54. The minimum Gasteiger partial charge on any atom is -0.338 e. The number of hydrogen-bond acceptors (Lipinski definition) is 2. The van der Waals surface area contributed by atoms with Gasteiger partial charge in [0.05, 0.1) is 3.79 Å². The number of rotatable bonds is 1. The van der Waals surface area contributed by atoms with E-state index in [-0.39, 0.29) is 5.91 Å². The van der Waals surface area contributed by atoms with Gasteiger partial charge >= 0.3 is 0 Å². The minimum atomic E-state index is 0.157. The summed E-state index contributed by atoms with van der Waals surface area (Å²) in [7, 11) is 0. The molecular weight excluding hydrogens is 354 g/mol. The third-order valence-electron chi connectivity index (χ3n) is 2.24. The molecule has 1 fully saturated rings. The van der Waals surface area contributed by atoms with E-state index in [1.807, 2.05) is 24.8 Å². The van der Waals surface area contributed by atoms with Crippen LogP contribution in [-0.2, 0) is 0 Å². The first-order valence-corrected chi connectivity index (χ1v) is 7.83. The Morgan fingerprint density at radius 2 is 1.88 bits per heavy atom. The van der Waals surface area contributed by atoms with Gasteiger partial charge in [0.25, 0.3) is 5.91 Å². The summed E-state index contributed by atoms with van der Waals surface area (Å²) < 4.78 is 1.89. The van der Waals surface area contributed by atoms with E-state index >= 15 is 0 Å². The predicted molar refractivity (Wildman–Crippen MR) is 76.2 cm³/mol. The lowest BCUT2D eigenvalue weighted by molar-refractivity contribution is 0.0797. The summed E-state index contributed by atoms with van der Waals surface area (Å²) in [6.07, 6.45) is 2.27. The molecule has 1 aromatic rings. The Labute approximate surface area is 117 Å². The molecule has 1 amide bonds. The third kappa shape index (κ3) is 3.31. The molecule has 5 heteroatoms. The van der Waals surface area contributed by atoms with Crippen LogP contribution in [0.15, 0.2) is 14.3 Å². The molecule has 90 valence electrons. The van der Waals surface area contributed by atoms with Crippen molar-refractivity contribution in [3.63, 3.8) is 0 Å². The molecule has 1 aliphatic heterocycles. The van der Waals surface area contributed by atoms with E-state index in [1.54, 1.807) is 0 Å². The van der Waals surface area contributed by atoms with Crippen molar-refractivity contribution in [3.05, 3.63) is 19.2 Å². The van der Waals surface area contributed by atoms with Crippen LogP contribution in [0.5, 0.6) is 0 Å². The zero-order valence-corrected chi connectivity index (χ0v) is 13.4. The van der Waals surface area contributed by atoms with Gasteiger partial charge in [0, 0.05) is 17.6 Å². The Balaban J connectivity index is 0.000000606. The van der Waals surface area contributed by atoms with Gasteiger partial charge in [0.1, 0.15) is 4.88 Å². The van der Waals surface area contributed by atoms with Crippen LogP contribution in [-0.4, -0.2) is 23.9 Å². The lowest BCUT2D eigenvalue weighted by Crippen LogP contribution is -2.26. The Kier molecular flexibility index (Phi) is 6.00. The fraction of sp³-hybridized carbons (Fsp3) is 0.545. The molecular formula is C11H15Br2NOS. The standard InChI is InChI=1S/C9H9Br2NOS.C2H6/c10-6-5-7(11)14-8(6)9(13)12-3-1-2-4-12;1-2/h5H,1-4H2;1-2H3. The second kappa shape index (κ2) is 6.77. The van der Waals surface area contributed by atoms with Crippen LogP contribution in [0.4, 0.5) is 0 Å². The van der Waals surface area contributed by atoms with Crippen molar-refractivity contribution in [2.75, 3.05) is 13.1 Å². The SMILES string of the molecule is CC.O=C(c1sc(Br)cc1Br)N1CCCC1. The lowest BCUT2D eigenvalue weighted by Gasteiger charge is -2.13.